The summed E-state index contributed by atoms with van der Waals surface area (Å²) < 4.78 is 2.27. The molecule has 5 nitrogen and oxygen atoms in total. The maximum Gasteiger partial charge on any atom is 0.147 e. The van der Waals surface area contributed by atoms with Crippen LogP contribution < -0.4 is 0 Å². The normalized spacial score (nSPS) is 11.3. The molecule has 3 aromatic heterocycles. The average Bonchev–Trinajstić information content (AvgIpc) is 3.83. The van der Waals surface area contributed by atoms with Crippen molar-refractivity contribution in [3.63, 3.8) is 0 Å². The van der Waals surface area contributed by atoms with Gasteiger partial charge in [0.1, 0.15) is 11.9 Å². The Labute approximate surface area is 312 Å². The van der Waals surface area contributed by atoms with E-state index in [1.165, 1.54) is 10.8 Å². The molecule has 1 N–H and O–H groups in total. The third-order valence-corrected chi connectivity index (χ3v) is 10.2. The highest BCUT2D eigenvalue weighted by molar-refractivity contribution is 6.12. The van der Waals surface area contributed by atoms with Crippen molar-refractivity contribution in [3.05, 3.63) is 188 Å². The fraction of sp³-hybridized carbons (Fsp3) is 0. The number of hydrogen-bond acceptors (Lipinski definition) is 3. The van der Waals surface area contributed by atoms with Crippen molar-refractivity contribution in [3.8, 4) is 67.8 Å². The molecule has 0 bridgehead atoms. The first-order valence-corrected chi connectivity index (χ1v) is 18.0. The van der Waals surface area contributed by atoms with E-state index >= 15 is 0 Å². The molecular weight excluding hydrogens is 659 g/mol. The zero-order valence-corrected chi connectivity index (χ0v) is 29.1. The Bertz CT molecular complexity index is 3040. The summed E-state index contributed by atoms with van der Waals surface area (Å²) in [5, 5.41) is 12.4. The Kier molecular flexibility index (Phi) is 7.45. The Hall–Kier alpha value is -7.55. The SMILES string of the molecule is N#Cc1cnc(-c2cc(-c3ccccc3)cc(-c3cccc4c3nc(-c3cccc5c3[nH]c3ccccc35)n4-c3ccccc3)c2)cc1-c1ccccc1. The number of nitrogens with zero attached hydrogens (tertiary/aromatic N) is 4. The van der Waals surface area contributed by atoms with Gasteiger partial charge in [-0.2, -0.15) is 5.26 Å². The minimum absolute atomic E-state index is 0.540. The molecule has 0 unspecified atom stereocenters. The van der Waals surface area contributed by atoms with Crippen LogP contribution in [0.25, 0.3) is 94.6 Å². The highest BCUT2D eigenvalue weighted by Gasteiger charge is 2.21. The largest absolute Gasteiger partial charge is 0.354 e. The van der Waals surface area contributed by atoms with Gasteiger partial charge in [0.05, 0.1) is 27.8 Å². The van der Waals surface area contributed by atoms with E-state index in [0.717, 1.165) is 83.8 Å². The van der Waals surface area contributed by atoms with E-state index < -0.39 is 0 Å². The highest BCUT2D eigenvalue weighted by Crippen LogP contribution is 2.40. The molecule has 252 valence electrons. The van der Waals surface area contributed by atoms with E-state index in [-0.39, 0.29) is 0 Å². The number of imidazole rings is 1. The molecule has 10 rings (SSSR count). The zero-order valence-electron chi connectivity index (χ0n) is 29.1. The van der Waals surface area contributed by atoms with Crippen molar-refractivity contribution < 1.29 is 0 Å². The monoisotopic (exact) mass is 689 g/mol. The summed E-state index contributed by atoms with van der Waals surface area (Å²) in [5.41, 5.74) is 14.5. The fourth-order valence-corrected chi connectivity index (χ4v) is 7.70. The van der Waals surface area contributed by atoms with Gasteiger partial charge in [-0.15, -0.1) is 0 Å². The molecule has 10 aromatic rings. The number of hydrogen-bond donors (Lipinski definition) is 1. The lowest BCUT2D eigenvalue weighted by molar-refractivity contribution is 1.10. The number of benzene rings is 7. The van der Waals surface area contributed by atoms with Crippen LogP contribution in [0.2, 0.25) is 0 Å². The number of aromatic nitrogens is 4. The Morgan fingerprint density at radius 1 is 0.519 bits per heavy atom. The van der Waals surface area contributed by atoms with Crippen LogP contribution in [0.15, 0.2) is 182 Å². The van der Waals surface area contributed by atoms with E-state index in [2.05, 4.69) is 143 Å². The summed E-state index contributed by atoms with van der Waals surface area (Å²) in [5.74, 6) is 0.863. The quantitative estimate of drug-likeness (QED) is 0.189. The molecule has 0 aliphatic heterocycles. The molecule has 0 saturated carbocycles. The second-order valence-corrected chi connectivity index (χ2v) is 13.4. The third kappa shape index (κ3) is 5.25. The molecule has 5 heteroatoms. The molecule has 0 spiro atoms. The molecule has 0 atom stereocenters. The minimum Gasteiger partial charge on any atom is -0.354 e. The molecule has 0 fully saturated rings. The van der Waals surface area contributed by atoms with Crippen LogP contribution in [-0.4, -0.2) is 19.5 Å². The van der Waals surface area contributed by atoms with Gasteiger partial charge in [0.15, 0.2) is 0 Å². The summed E-state index contributed by atoms with van der Waals surface area (Å²) in [7, 11) is 0. The number of fused-ring (bicyclic) bond motifs is 4. The van der Waals surface area contributed by atoms with Gasteiger partial charge >= 0.3 is 0 Å². The van der Waals surface area contributed by atoms with Crippen LogP contribution in [0, 0.1) is 11.3 Å². The lowest BCUT2D eigenvalue weighted by atomic mass is 9.93. The van der Waals surface area contributed by atoms with Crippen molar-refractivity contribution in [2.45, 2.75) is 0 Å². The van der Waals surface area contributed by atoms with Crippen molar-refractivity contribution >= 4 is 32.8 Å². The van der Waals surface area contributed by atoms with Gasteiger partial charge in [-0.1, -0.05) is 121 Å². The number of H-pyrrole nitrogens is 1. The van der Waals surface area contributed by atoms with E-state index in [0.29, 0.717) is 5.56 Å². The van der Waals surface area contributed by atoms with Crippen LogP contribution in [0.5, 0.6) is 0 Å². The summed E-state index contributed by atoms with van der Waals surface area (Å²) in [6.07, 6.45) is 1.69. The van der Waals surface area contributed by atoms with Crippen LogP contribution in [0.1, 0.15) is 5.56 Å². The Morgan fingerprint density at radius 3 is 1.96 bits per heavy atom. The lowest BCUT2D eigenvalue weighted by Crippen LogP contribution is -1.97. The summed E-state index contributed by atoms with van der Waals surface area (Å²) in [6.45, 7) is 0. The third-order valence-electron chi connectivity index (χ3n) is 10.2. The van der Waals surface area contributed by atoms with Crippen LogP contribution >= 0.6 is 0 Å². The van der Waals surface area contributed by atoms with E-state index in [1.807, 2.05) is 48.5 Å². The lowest BCUT2D eigenvalue weighted by Gasteiger charge is -2.13. The summed E-state index contributed by atoms with van der Waals surface area (Å²) in [6, 6.07) is 63.3. The van der Waals surface area contributed by atoms with Gasteiger partial charge in [0, 0.05) is 50.4 Å². The maximum atomic E-state index is 10.0. The van der Waals surface area contributed by atoms with Gasteiger partial charge in [0.25, 0.3) is 0 Å². The average molecular weight is 690 g/mol. The number of para-hydroxylation sites is 4. The van der Waals surface area contributed by atoms with Crippen molar-refractivity contribution in [2.24, 2.45) is 0 Å². The van der Waals surface area contributed by atoms with Gasteiger partial charge < -0.3 is 4.98 Å². The van der Waals surface area contributed by atoms with E-state index in [9.17, 15) is 5.26 Å². The van der Waals surface area contributed by atoms with Gasteiger partial charge in [-0.25, -0.2) is 4.98 Å². The van der Waals surface area contributed by atoms with Gasteiger partial charge in [0.2, 0.25) is 0 Å². The van der Waals surface area contributed by atoms with E-state index in [4.69, 9.17) is 9.97 Å². The predicted octanol–water partition coefficient (Wildman–Crippen LogP) is 12.3. The predicted molar refractivity (Wildman–Crippen MR) is 220 cm³/mol. The minimum atomic E-state index is 0.540. The number of nitrogens with one attached hydrogen (secondary N) is 1. The van der Waals surface area contributed by atoms with Gasteiger partial charge in [-0.05, 0) is 76.9 Å². The molecule has 0 saturated heterocycles. The molecule has 0 aliphatic carbocycles. The molecule has 3 heterocycles. The molecular formula is C49H31N5. The van der Waals surface area contributed by atoms with Crippen molar-refractivity contribution in [1.82, 2.24) is 19.5 Å². The second-order valence-electron chi connectivity index (χ2n) is 13.4. The van der Waals surface area contributed by atoms with E-state index in [1.54, 1.807) is 6.20 Å². The fourth-order valence-electron chi connectivity index (χ4n) is 7.70. The summed E-state index contributed by atoms with van der Waals surface area (Å²) in [4.78, 5) is 14.1. The topological polar surface area (TPSA) is 70.3 Å². The van der Waals surface area contributed by atoms with Gasteiger partial charge in [-0.3, -0.25) is 9.55 Å². The first kappa shape index (κ1) is 31.2. The zero-order chi connectivity index (χ0) is 36.0. The molecule has 0 radical (unpaired) electrons. The number of rotatable bonds is 6. The van der Waals surface area contributed by atoms with Crippen molar-refractivity contribution in [2.75, 3.05) is 0 Å². The Balaban J connectivity index is 1.23. The molecule has 0 aliphatic rings. The number of pyridine rings is 1. The number of nitriles is 1. The first-order chi connectivity index (χ1) is 26.7. The van der Waals surface area contributed by atoms with Crippen LogP contribution in [0.3, 0.4) is 0 Å². The molecule has 0 amide bonds. The second kappa shape index (κ2) is 12.9. The van der Waals surface area contributed by atoms with Crippen LogP contribution in [0.4, 0.5) is 0 Å². The Morgan fingerprint density at radius 2 is 1.17 bits per heavy atom. The van der Waals surface area contributed by atoms with Crippen LogP contribution in [-0.2, 0) is 0 Å². The molecule has 54 heavy (non-hydrogen) atoms. The molecule has 7 aromatic carbocycles. The number of aromatic amines is 1. The maximum absolute atomic E-state index is 10.0. The summed E-state index contributed by atoms with van der Waals surface area (Å²) >= 11 is 0. The standard InChI is InChI=1S/C49H31N5/c50-30-37-31-51-45(29-43(37)33-16-6-2-7-17-33)36-27-34(32-14-4-1-5-15-32)26-35(28-36)39-21-13-25-46-48(39)53-49(54(46)38-18-8-3-9-19-38)42-23-12-22-41-40-20-10-11-24-44(40)52-47(41)42/h1-29,31,52H. The van der Waals surface area contributed by atoms with Crippen molar-refractivity contribution in [1.29, 1.82) is 5.26 Å². The first-order valence-electron chi connectivity index (χ1n) is 18.0. The smallest absolute Gasteiger partial charge is 0.147 e. The highest BCUT2D eigenvalue weighted by atomic mass is 15.1.